The van der Waals surface area contributed by atoms with Gasteiger partial charge in [0.1, 0.15) is 0 Å². The maximum Gasteiger partial charge on any atom is 0.311 e. The molecular weight excluding hydrogens is 314 g/mol. The van der Waals surface area contributed by atoms with Gasteiger partial charge in [-0.05, 0) is 49.8 Å². The van der Waals surface area contributed by atoms with Crippen LogP contribution < -0.4 is 0 Å². The number of carboxylic acid groups (broad SMARTS) is 1. The van der Waals surface area contributed by atoms with Gasteiger partial charge in [-0.25, -0.2) is 0 Å². The summed E-state index contributed by atoms with van der Waals surface area (Å²) in [5.41, 5.74) is 0.344. The van der Waals surface area contributed by atoms with Crippen molar-refractivity contribution in [1.29, 1.82) is 0 Å². The van der Waals surface area contributed by atoms with Crippen molar-refractivity contribution in [2.75, 3.05) is 13.1 Å². The third-order valence-electron chi connectivity index (χ3n) is 4.59. The molecule has 0 spiro atoms. The average Bonchev–Trinajstić information content (AvgIpc) is 2.49. The first-order valence-corrected chi connectivity index (χ1v) is 8.43. The first kappa shape index (κ1) is 17.8. The summed E-state index contributed by atoms with van der Waals surface area (Å²) in [6.07, 6.45) is 2.64. The number of aliphatic carboxylic acids is 1. The zero-order chi connectivity index (χ0) is 17.0. The fraction of sp³-hybridized carbons (Fsp3) is 0.556. The smallest absolute Gasteiger partial charge is 0.311 e. The van der Waals surface area contributed by atoms with Crippen LogP contribution in [0.5, 0.6) is 0 Å². The number of carbonyl (C=O) groups excluding carboxylic acids is 1. The van der Waals surface area contributed by atoms with Crippen molar-refractivity contribution >= 4 is 23.5 Å². The number of halogens is 1. The molecular formula is C18H24ClNO3. The van der Waals surface area contributed by atoms with Gasteiger partial charge >= 0.3 is 5.97 Å². The fourth-order valence-corrected chi connectivity index (χ4v) is 3.28. The van der Waals surface area contributed by atoms with E-state index in [9.17, 15) is 14.7 Å². The molecule has 126 valence electrons. The van der Waals surface area contributed by atoms with Crippen LogP contribution in [-0.2, 0) is 16.0 Å². The number of amides is 1. The van der Waals surface area contributed by atoms with Gasteiger partial charge < -0.3 is 10.0 Å². The minimum Gasteiger partial charge on any atom is -0.481 e. The molecule has 1 aromatic rings. The second kappa shape index (κ2) is 7.35. The van der Waals surface area contributed by atoms with E-state index in [1.54, 1.807) is 11.8 Å². The zero-order valence-electron chi connectivity index (χ0n) is 13.7. The predicted octanol–water partition coefficient (Wildman–Crippen LogP) is 3.62. The normalized spacial score (nSPS) is 22.7. The number of benzene rings is 1. The van der Waals surface area contributed by atoms with Crippen molar-refractivity contribution in [2.24, 2.45) is 11.3 Å². The van der Waals surface area contributed by atoms with Crippen LogP contribution in [0.4, 0.5) is 0 Å². The first-order valence-electron chi connectivity index (χ1n) is 8.06. The average molecular weight is 338 g/mol. The Morgan fingerprint density at radius 2 is 2.00 bits per heavy atom. The Labute approximate surface area is 142 Å². The number of carbonyl (C=O) groups is 2. The van der Waals surface area contributed by atoms with E-state index < -0.39 is 11.4 Å². The number of rotatable bonds is 5. The molecule has 4 nitrogen and oxygen atoms in total. The third-order valence-corrected chi connectivity index (χ3v) is 4.84. The molecule has 2 unspecified atom stereocenters. The lowest BCUT2D eigenvalue weighted by Crippen LogP contribution is -2.48. The minimum atomic E-state index is -0.816. The molecule has 1 amide bonds. The Hall–Kier alpha value is -1.55. The summed E-state index contributed by atoms with van der Waals surface area (Å²) in [4.78, 5) is 25.6. The lowest BCUT2D eigenvalue weighted by atomic mass is 9.81. The van der Waals surface area contributed by atoms with Crippen molar-refractivity contribution < 1.29 is 14.7 Å². The van der Waals surface area contributed by atoms with E-state index in [4.69, 9.17) is 11.6 Å². The first-order chi connectivity index (χ1) is 10.8. The molecule has 5 heteroatoms. The minimum absolute atomic E-state index is 0.0543. The van der Waals surface area contributed by atoms with Crippen LogP contribution in [-0.4, -0.2) is 35.0 Å². The molecule has 0 aliphatic carbocycles. The SMILES string of the molecule is CC(CC(=O)N1CCCC(C)(C(=O)O)C1)Cc1ccc(Cl)cc1. The predicted molar refractivity (Wildman–Crippen MR) is 90.5 cm³/mol. The van der Waals surface area contributed by atoms with Gasteiger partial charge in [-0.15, -0.1) is 0 Å². The maximum absolute atomic E-state index is 12.5. The van der Waals surface area contributed by atoms with Crippen LogP contribution in [0.2, 0.25) is 5.02 Å². The van der Waals surface area contributed by atoms with E-state index in [2.05, 4.69) is 0 Å². The van der Waals surface area contributed by atoms with Crippen molar-refractivity contribution in [1.82, 2.24) is 4.90 Å². The molecule has 1 N–H and O–H groups in total. The second-order valence-electron chi connectivity index (χ2n) is 6.92. The highest BCUT2D eigenvalue weighted by Crippen LogP contribution is 2.30. The summed E-state index contributed by atoms with van der Waals surface area (Å²) in [5, 5.41) is 10.1. The molecule has 1 heterocycles. The van der Waals surface area contributed by atoms with Crippen LogP contribution in [0, 0.1) is 11.3 Å². The number of hydrogen-bond acceptors (Lipinski definition) is 2. The van der Waals surface area contributed by atoms with Crippen molar-refractivity contribution in [3.05, 3.63) is 34.9 Å². The number of nitrogens with zero attached hydrogens (tertiary/aromatic N) is 1. The standard InChI is InChI=1S/C18H24ClNO3/c1-13(10-14-4-6-15(19)7-5-14)11-16(21)20-9-3-8-18(2,12-20)17(22)23/h4-7,13H,3,8-12H2,1-2H3,(H,22,23). The monoisotopic (exact) mass is 337 g/mol. The summed E-state index contributed by atoms with van der Waals surface area (Å²) in [6.45, 7) is 4.75. The molecule has 1 fully saturated rings. The Kier molecular flexibility index (Phi) is 5.69. The van der Waals surface area contributed by atoms with Crippen LogP contribution >= 0.6 is 11.6 Å². The van der Waals surface area contributed by atoms with Gasteiger partial charge in [0.05, 0.1) is 5.41 Å². The van der Waals surface area contributed by atoms with Crippen molar-refractivity contribution in [3.63, 3.8) is 0 Å². The molecule has 2 rings (SSSR count). The summed E-state index contributed by atoms with van der Waals surface area (Å²) < 4.78 is 0. The van der Waals surface area contributed by atoms with E-state index in [1.165, 1.54) is 0 Å². The van der Waals surface area contributed by atoms with Gasteiger partial charge in [0.25, 0.3) is 0 Å². The third kappa shape index (κ3) is 4.71. The molecule has 1 aromatic carbocycles. The lowest BCUT2D eigenvalue weighted by molar-refractivity contribution is -0.153. The molecule has 1 aliphatic heterocycles. The highest BCUT2D eigenvalue weighted by Gasteiger charge is 2.39. The van der Waals surface area contributed by atoms with Gasteiger partial charge in [0, 0.05) is 24.5 Å². The van der Waals surface area contributed by atoms with Gasteiger partial charge in [-0.1, -0.05) is 30.7 Å². The number of carboxylic acids is 1. The molecule has 2 atom stereocenters. The Bertz CT molecular complexity index is 572. The molecule has 0 aromatic heterocycles. The van der Waals surface area contributed by atoms with Crippen LogP contribution in [0.3, 0.4) is 0 Å². The van der Waals surface area contributed by atoms with E-state index in [0.29, 0.717) is 31.0 Å². The molecule has 1 aliphatic rings. The van der Waals surface area contributed by atoms with Gasteiger partial charge in [-0.3, -0.25) is 9.59 Å². The summed E-state index contributed by atoms with van der Waals surface area (Å²) in [6, 6.07) is 7.67. The number of piperidine rings is 1. The fourth-order valence-electron chi connectivity index (χ4n) is 3.15. The highest BCUT2D eigenvalue weighted by atomic mass is 35.5. The molecule has 23 heavy (non-hydrogen) atoms. The van der Waals surface area contributed by atoms with Gasteiger partial charge in [-0.2, -0.15) is 0 Å². The topological polar surface area (TPSA) is 57.6 Å². The van der Waals surface area contributed by atoms with Crippen molar-refractivity contribution in [2.45, 2.75) is 39.5 Å². The summed E-state index contributed by atoms with van der Waals surface area (Å²) in [5.74, 6) is -0.551. The molecule has 0 saturated carbocycles. The maximum atomic E-state index is 12.5. The summed E-state index contributed by atoms with van der Waals surface area (Å²) in [7, 11) is 0. The van der Waals surface area contributed by atoms with E-state index >= 15 is 0 Å². The van der Waals surface area contributed by atoms with Gasteiger partial charge in [0.15, 0.2) is 0 Å². The molecule has 1 saturated heterocycles. The zero-order valence-corrected chi connectivity index (χ0v) is 14.5. The molecule has 0 bridgehead atoms. The summed E-state index contributed by atoms with van der Waals surface area (Å²) >= 11 is 5.88. The Balaban J connectivity index is 1.90. The quantitative estimate of drug-likeness (QED) is 0.892. The van der Waals surface area contributed by atoms with Crippen LogP contribution in [0.25, 0.3) is 0 Å². The Morgan fingerprint density at radius 3 is 2.61 bits per heavy atom. The van der Waals surface area contributed by atoms with E-state index in [-0.39, 0.29) is 11.8 Å². The highest BCUT2D eigenvalue weighted by molar-refractivity contribution is 6.30. The number of hydrogen-bond donors (Lipinski definition) is 1. The lowest BCUT2D eigenvalue weighted by Gasteiger charge is -2.38. The number of likely N-dealkylation sites (tertiary alicyclic amines) is 1. The van der Waals surface area contributed by atoms with Crippen LogP contribution in [0.15, 0.2) is 24.3 Å². The van der Waals surface area contributed by atoms with Gasteiger partial charge in [0.2, 0.25) is 5.91 Å². The van der Waals surface area contributed by atoms with E-state index in [1.807, 2.05) is 31.2 Å². The largest absolute Gasteiger partial charge is 0.481 e. The van der Waals surface area contributed by atoms with Crippen molar-refractivity contribution in [3.8, 4) is 0 Å². The Morgan fingerprint density at radius 1 is 1.35 bits per heavy atom. The second-order valence-corrected chi connectivity index (χ2v) is 7.36. The molecule has 0 radical (unpaired) electrons. The van der Waals surface area contributed by atoms with Crippen LogP contribution in [0.1, 0.15) is 38.7 Å². The van der Waals surface area contributed by atoms with E-state index in [0.717, 1.165) is 18.4 Å².